The Bertz CT molecular complexity index is 1540. The van der Waals surface area contributed by atoms with Gasteiger partial charge in [0.15, 0.2) is 9.84 Å². The molecule has 2 aliphatic rings. The van der Waals surface area contributed by atoms with E-state index < -0.39 is 15.9 Å². The molecule has 1 fully saturated rings. The van der Waals surface area contributed by atoms with E-state index in [0.29, 0.717) is 43.9 Å². The number of rotatable bonds is 7. The number of β-amino-alcohol motifs (C(OH)–C–C–N with tert-alkyl or cyclic N) is 1. The predicted molar refractivity (Wildman–Crippen MR) is 151 cm³/mol. The van der Waals surface area contributed by atoms with Gasteiger partial charge in [0.1, 0.15) is 6.07 Å². The number of aliphatic hydroxyl groups is 1. The normalized spacial score (nSPS) is 16.9. The maximum absolute atomic E-state index is 12.1. The van der Waals surface area contributed by atoms with Crippen molar-refractivity contribution in [3.63, 3.8) is 0 Å². The van der Waals surface area contributed by atoms with Crippen LogP contribution in [-0.4, -0.2) is 90.6 Å². The fourth-order valence-corrected chi connectivity index (χ4v) is 6.20. The van der Waals surface area contributed by atoms with Gasteiger partial charge in [-0.15, -0.1) is 0 Å². The van der Waals surface area contributed by atoms with Gasteiger partial charge in [-0.05, 0) is 24.3 Å². The van der Waals surface area contributed by atoms with Crippen LogP contribution in [0.1, 0.15) is 23.7 Å². The lowest BCUT2D eigenvalue weighted by Crippen LogP contribution is -2.49. The second-order valence-corrected chi connectivity index (χ2v) is 12.5. The van der Waals surface area contributed by atoms with Gasteiger partial charge >= 0.3 is 0 Å². The summed E-state index contributed by atoms with van der Waals surface area (Å²) < 4.78 is 25.7. The Hall–Kier alpha value is -3.72. The second kappa shape index (κ2) is 11.4. The van der Waals surface area contributed by atoms with E-state index in [2.05, 4.69) is 15.9 Å². The lowest BCUT2D eigenvalue weighted by Gasteiger charge is -2.37. The Labute approximate surface area is 235 Å². The lowest BCUT2D eigenvalue weighted by atomic mass is 10.0. The molecule has 5 rings (SSSR count). The average molecular weight is 563 g/mol. The minimum atomic E-state index is -3.32. The van der Waals surface area contributed by atoms with Crippen molar-refractivity contribution in [2.24, 2.45) is 0 Å². The molecule has 0 spiro atoms. The molecule has 3 aromatic rings. The summed E-state index contributed by atoms with van der Waals surface area (Å²) in [5.74, 6) is -0.00616. The number of hydrogen-bond acceptors (Lipinski definition) is 8. The molecule has 10 nitrogen and oxygen atoms in total. The van der Waals surface area contributed by atoms with Crippen molar-refractivity contribution in [3.8, 4) is 17.3 Å². The number of hydrogen-bond donors (Lipinski definition) is 1. The second-order valence-electron chi connectivity index (χ2n) is 10.5. The Morgan fingerprint density at radius 3 is 2.40 bits per heavy atom. The van der Waals surface area contributed by atoms with Crippen molar-refractivity contribution >= 4 is 21.4 Å². The van der Waals surface area contributed by atoms with E-state index in [1.807, 2.05) is 28.9 Å². The van der Waals surface area contributed by atoms with Crippen LogP contribution in [0, 0.1) is 11.3 Å². The maximum atomic E-state index is 12.1. The minimum absolute atomic E-state index is 0.00616. The van der Waals surface area contributed by atoms with Gasteiger partial charge in [0.2, 0.25) is 5.91 Å². The van der Waals surface area contributed by atoms with Crippen LogP contribution >= 0.6 is 0 Å². The number of aromatic nitrogens is 2. The van der Waals surface area contributed by atoms with Gasteiger partial charge in [-0.1, -0.05) is 24.3 Å². The third-order valence-electron chi connectivity index (χ3n) is 7.73. The van der Waals surface area contributed by atoms with E-state index in [0.717, 1.165) is 48.7 Å². The molecule has 1 amide bonds. The zero-order valence-corrected chi connectivity index (χ0v) is 23.6. The van der Waals surface area contributed by atoms with E-state index in [4.69, 9.17) is 5.10 Å². The largest absolute Gasteiger partial charge is 0.390 e. The van der Waals surface area contributed by atoms with Crippen LogP contribution < -0.4 is 4.90 Å². The van der Waals surface area contributed by atoms with Gasteiger partial charge in [-0.2, -0.15) is 10.4 Å². The predicted octanol–water partition coefficient (Wildman–Crippen LogP) is 1.91. The zero-order chi connectivity index (χ0) is 28.4. The quantitative estimate of drug-likeness (QED) is 0.464. The van der Waals surface area contributed by atoms with E-state index in [-0.39, 0.29) is 10.8 Å². The molecular weight excluding hydrogens is 528 g/mol. The van der Waals surface area contributed by atoms with Gasteiger partial charge in [-0.25, -0.2) is 8.42 Å². The molecule has 1 aromatic heterocycles. The number of para-hydroxylation sites is 1. The highest BCUT2D eigenvalue weighted by Gasteiger charge is 2.28. The minimum Gasteiger partial charge on any atom is -0.390 e. The molecule has 1 N–H and O–H groups in total. The standard InChI is InChI=1S/C29H34N6O4S/c1-21(36)34-12-11-28-26(20-34)29(22-7-9-25(10-8-22)40(2,38)39)31-35(28)19-24(37)18-32-13-15-33(16-14-32)27-6-4-3-5-23(27)17-30/h3-10,24,37H,11-16,18-20H2,1-2H3. The fraction of sp³-hybridized carbons (Fsp3) is 0.414. The maximum Gasteiger partial charge on any atom is 0.219 e. The van der Waals surface area contributed by atoms with Crippen LogP contribution in [0.3, 0.4) is 0 Å². The van der Waals surface area contributed by atoms with E-state index in [1.54, 1.807) is 36.1 Å². The molecule has 40 heavy (non-hydrogen) atoms. The molecule has 1 atom stereocenters. The number of benzene rings is 2. The first kappa shape index (κ1) is 27.8. The Morgan fingerprint density at radius 2 is 1.75 bits per heavy atom. The van der Waals surface area contributed by atoms with Gasteiger partial charge in [0, 0.05) is 82.2 Å². The highest BCUT2D eigenvalue weighted by molar-refractivity contribution is 7.90. The summed E-state index contributed by atoms with van der Waals surface area (Å²) in [6.07, 6.45) is 1.16. The summed E-state index contributed by atoms with van der Waals surface area (Å²) in [7, 11) is -3.32. The van der Waals surface area contributed by atoms with Gasteiger partial charge in [0.25, 0.3) is 0 Å². The van der Waals surface area contributed by atoms with Crippen molar-refractivity contribution < 1.29 is 18.3 Å². The molecule has 3 heterocycles. The summed E-state index contributed by atoms with van der Waals surface area (Å²) >= 11 is 0. The SMILES string of the molecule is CC(=O)N1CCc2c(c(-c3ccc(S(C)(=O)=O)cc3)nn2CC(O)CN2CCN(c3ccccc3C#N)CC2)C1. The number of aliphatic hydroxyl groups excluding tert-OH is 1. The number of carbonyl (C=O) groups excluding carboxylic acids is 1. The van der Waals surface area contributed by atoms with Gasteiger partial charge in [-0.3, -0.25) is 14.4 Å². The van der Waals surface area contributed by atoms with Crippen LogP contribution in [0.15, 0.2) is 53.4 Å². The first-order chi connectivity index (χ1) is 19.1. The van der Waals surface area contributed by atoms with Gasteiger partial charge < -0.3 is 14.9 Å². The van der Waals surface area contributed by atoms with Crippen molar-refractivity contribution in [3.05, 3.63) is 65.4 Å². The van der Waals surface area contributed by atoms with Crippen molar-refractivity contribution in [2.45, 2.75) is 37.4 Å². The summed E-state index contributed by atoms with van der Waals surface area (Å²) in [5, 5.41) is 25.4. The third-order valence-corrected chi connectivity index (χ3v) is 8.85. The molecular formula is C29H34N6O4S. The van der Waals surface area contributed by atoms with Crippen LogP contribution in [0.25, 0.3) is 11.3 Å². The van der Waals surface area contributed by atoms with Crippen LogP contribution in [0.2, 0.25) is 0 Å². The average Bonchev–Trinajstić information content (AvgIpc) is 3.30. The molecule has 0 aliphatic carbocycles. The first-order valence-corrected chi connectivity index (χ1v) is 15.3. The summed E-state index contributed by atoms with van der Waals surface area (Å²) in [4.78, 5) is 18.6. The topological polar surface area (TPSA) is 123 Å². The first-order valence-electron chi connectivity index (χ1n) is 13.4. The summed E-state index contributed by atoms with van der Waals surface area (Å²) in [6, 6.07) is 16.5. The van der Waals surface area contributed by atoms with Gasteiger partial charge in [0.05, 0.1) is 34.5 Å². The number of nitrogens with zero attached hydrogens (tertiary/aromatic N) is 6. The number of piperazine rings is 1. The summed E-state index contributed by atoms with van der Waals surface area (Å²) in [5.41, 5.74) is 5.03. The highest BCUT2D eigenvalue weighted by atomic mass is 32.2. The van der Waals surface area contributed by atoms with E-state index in [1.165, 1.54) is 6.26 Å². The molecule has 0 radical (unpaired) electrons. The molecule has 2 aliphatic heterocycles. The number of amides is 1. The summed E-state index contributed by atoms with van der Waals surface area (Å²) in [6.45, 7) is 6.49. The van der Waals surface area contributed by atoms with Crippen LogP contribution in [0.5, 0.6) is 0 Å². The van der Waals surface area contributed by atoms with Crippen molar-refractivity contribution in [1.82, 2.24) is 19.6 Å². The highest BCUT2D eigenvalue weighted by Crippen LogP contribution is 2.31. The van der Waals surface area contributed by atoms with Crippen molar-refractivity contribution in [1.29, 1.82) is 5.26 Å². The van der Waals surface area contributed by atoms with Crippen LogP contribution in [0.4, 0.5) is 5.69 Å². The van der Waals surface area contributed by atoms with Crippen LogP contribution in [-0.2, 0) is 34.1 Å². The number of anilines is 1. The number of sulfone groups is 1. The number of carbonyl (C=O) groups is 1. The zero-order valence-electron chi connectivity index (χ0n) is 22.8. The van der Waals surface area contributed by atoms with Crippen molar-refractivity contribution in [2.75, 3.05) is 50.4 Å². The number of nitriles is 1. The fourth-order valence-electron chi connectivity index (χ4n) is 5.57. The molecule has 2 aromatic carbocycles. The molecule has 0 bridgehead atoms. The molecule has 1 saturated heterocycles. The molecule has 1 unspecified atom stereocenters. The Morgan fingerprint density at radius 1 is 1.05 bits per heavy atom. The smallest absolute Gasteiger partial charge is 0.219 e. The Balaban J connectivity index is 1.30. The molecule has 11 heteroatoms. The lowest BCUT2D eigenvalue weighted by molar-refractivity contribution is -0.129. The number of fused-ring (bicyclic) bond motifs is 1. The molecule has 0 saturated carbocycles. The monoisotopic (exact) mass is 562 g/mol. The van der Waals surface area contributed by atoms with E-state index in [9.17, 15) is 23.6 Å². The third kappa shape index (κ3) is 5.89. The molecule has 210 valence electrons. The van der Waals surface area contributed by atoms with E-state index >= 15 is 0 Å². The Kier molecular flexibility index (Phi) is 7.94.